The number of nitrogens with one attached hydrogen (secondary N) is 1. The van der Waals surface area contributed by atoms with Gasteiger partial charge in [0.15, 0.2) is 0 Å². The quantitative estimate of drug-likeness (QED) is 0.177. The van der Waals surface area contributed by atoms with E-state index in [0.29, 0.717) is 13.2 Å². The molecule has 0 aromatic carbocycles. The highest BCUT2D eigenvalue weighted by Crippen LogP contribution is 2.13. The molecule has 6 heteroatoms. The number of unbranched alkanes of at least 4 members (excludes halogenated alkanes) is 15. The van der Waals surface area contributed by atoms with Gasteiger partial charge in [-0.2, -0.15) is 0 Å². The summed E-state index contributed by atoms with van der Waals surface area (Å²) in [5.41, 5.74) is 5.93. The molecule has 32 heavy (non-hydrogen) atoms. The van der Waals surface area contributed by atoms with Gasteiger partial charge in [0.25, 0.3) is 0 Å². The summed E-state index contributed by atoms with van der Waals surface area (Å²) in [4.78, 5) is 13.5. The summed E-state index contributed by atoms with van der Waals surface area (Å²) in [5.74, 6) is 0. The van der Waals surface area contributed by atoms with E-state index in [1.807, 2.05) is 19.0 Å². The predicted octanol–water partition coefficient (Wildman–Crippen LogP) is 5.88. The fourth-order valence-electron chi connectivity index (χ4n) is 3.65. The Kier molecular flexibility index (Phi) is 24.1. The van der Waals surface area contributed by atoms with Gasteiger partial charge in [0.2, 0.25) is 0 Å². The SMILES string of the molecule is CCCCCCCCCCCCCCCCCCOCC(N)COC(=O)NCCN(C)C. The van der Waals surface area contributed by atoms with Gasteiger partial charge in [-0.05, 0) is 20.5 Å². The third kappa shape index (κ3) is 25.4. The van der Waals surface area contributed by atoms with Crippen molar-refractivity contribution in [3.8, 4) is 0 Å². The van der Waals surface area contributed by atoms with Crippen LogP contribution in [-0.4, -0.2) is 64.0 Å². The lowest BCUT2D eigenvalue weighted by Gasteiger charge is -2.14. The maximum atomic E-state index is 11.5. The van der Waals surface area contributed by atoms with Crippen LogP contribution in [0.15, 0.2) is 0 Å². The zero-order valence-corrected chi connectivity index (χ0v) is 21.7. The normalized spacial score (nSPS) is 12.3. The number of nitrogens with two attached hydrogens (primary N) is 1. The number of alkyl carbamates (subject to hydrolysis) is 1. The van der Waals surface area contributed by atoms with Crippen LogP contribution in [0.25, 0.3) is 0 Å². The van der Waals surface area contributed by atoms with Gasteiger partial charge in [-0.25, -0.2) is 4.79 Å². The number of amides is 1. The molecule has 0 aliphatic rings. The van der Waals surface area contributed by atoms with E-state index in [4.69, 9.17) is 15.2 Å². The highest BCUT2D eigenvalue weighted by atomic mass is 16.6. The average Bonchev–Trinajstić information content (AvgIpc) is 2.76. The Morgan fingerprint density at radius 3 is 1.72 bits per heavy atom. The van der Waals surface area contributed by atoms with Crippen molar-refractivity contribution in [2.75, 3.05) is 47.0 Å². The van der Waals surface area contributed by atoms with E-state index < -0.39 is 6.09 Å². The summed E-state index contributed by atoms with van der Waals surface area (Å²) in [6.07, 6.45) is 21.5. The van der Waals surface area contributed by atoms with E-state index in [9.17, 15) is 4.79 Å². The molecule has 0 aromatic heterocycles. The molecule has 0 heterocycles. The zero-order chi connectivity index (χ0) is 23.7. The first-order valence-corrected chi connectivity index (χ1v) is 13.4. The minimum Gasteiger partial charge on any atom is -0.448 e. The molecule has 0 saturated carbocycles. The summed E-state index contributed by atoms with van der Waals surface area (Å²) in [7, 11) is 3.92. The summed E-state index contributed by atoms with van der Waals surface area (Å²) in [5, 5.41) is 2.70. The topological polar surface area (TPSA) is 76.8 Å². The molecule has 0 aliphatic carbocycles. The van der Waals surface area contributed by atoms with E-state index in [-0.39, 0.29) is 12.6 Å². The second kappa shape index (κ2) is 24.8. The molecule has 0 aromatic rings. The van der Waals surface area contributed by atoms with E-state index in [0.717, 1.165) is 19.6 Å². The van der Waals surface area contributed by atoms with Gasteiger partial charge in [-0.15, -0.1) is 0 Å². The lowest BCUT2D eigenvalue weighted by atomic mass is 10.0. The zero-order valence-electron chi connectivity index (χ0n) is 21.7. The lowest BCUT2D eigenvalue weighted by Crippen LogP contribution is -2.37. The Balaban J connectivity index is 3.21. The average molecular weight is 458 g/mol. The van der Waals surface area contributed by atoms with Gasteiger partial charge in [0.05, 0.1) is 12.6 Å². The third-order valence-electron chi connectivity index (χ3n) is 5.73. The van der Waals surface area contributed by atoms with Gasteiger partial charge in [0, 0.05) is 19.7 Å². The number of ether oxygens (including phenoxy) is 2. The molecular formula is C26H55N3O3. The maximum absolute atomic E-state index is 11.5. The molecule has 1 amide bonds. The van der Waals surface area contributed by atoms with Crippen molar-refractivity contribution in [3.63, 3.8) is 0 Å². The summed E-state index contributed by atoms with van der Waals surface area (Å²) >= 11 is 0. The first-order valence-electron chi connectivity index (χ1n) is 13.4. The number of carbonyl (C=O) groups excluding carboxylic acids is 1. The van der Waals surface area contributed by atoms with Crippen LogP contribution in [0.4, 0.5) is 4.79 Å². The number of hydrogen-bond donors (Lipinski definition) is 2. The Bertz CT molecular complexity index is 395. The highest BCUT2D eigenvalue weighted by Gasteiger charge is 2.07. The fourth-order valence-corrected chi connectivity index (χ4v) is 3.65. The Hall–Kier alpha value is -0.850. The maximum Gasteiger partial charge on any atom is 0.407 e. The second-order valence-electron chi connectivity index (χ2n) is 9.47. The molecule has 6 nitrogen and oxygen atoms in total. The molecule has 0 fully saturated rings. The van der Waals surface area contributed by atoms with E-state index in [1.54, 1.807) is 0 Å². The van der Waals surface area contributed by atoms with E-state index >= 15 is 0 Å². The Labute approximate surface area is 199 Å². The molecule has 0 radical (unpaired) electrons. The van der Waals surface area contributed by atoms with Crippen molar-refractivity contribution < 1.29 is 14.3 Å². The number of likely N-dealkylation sites (N-methyl/N-ethyl adjacent to an activating group) is 1. The molecule has 0 aliphatic heterocycles. The Morgan fingerprint density at radius 1 is 0.781 bits per heavy atom. The van der Waals surface area contributed by atoms with Crippen molar-refractivity contribution in [1.82, 2.24) is 10.2 Å². The number of hydrogen-bond acceptors (Lipinski definition) is 5. The van der Waals surface area contributed by atoms with Crippen LogP contribution in [0.3, 0.4) is 0 Å². The van der Waals surface area contributed by atoms with Gasteiger partial charge in [0.1, 0.15) is 6.61 Å². The first kappa shape index (κ1) is 31.1. The van der Waals surface area contributed by atoms with Crippen LogP contribution in [0.5, 0.6) is 0 Å². The van der Waals surface area contributed by atoms with E-state index in [1.165, 1.54) is 96.3 Å². The van der Waals surface area contributed by atoms with Crippen molar-refractivity contribution in [3.05, 3.63) is 0 Å². The van der Waals surface area contributed by atoms with Crippen molar-refractivity contribution >= 4 is 6.09 Å². The molecule has 0 saturated heterocycles. The molecule has 3 N–H and O–H groups in total. The first-order chi connectivity index (χ1) is 15.6. The van der Waals surface area contributed by atoms with E-state index in [2.05, 4.69) is 12.2 Å². The van der Waals surface area contributed by atoms with Crippen LogP contribution in [0.2, 0.25) is 0 Å². The van der Waals surface area contributed by atoms with Crippen LogP contribution in [0, 0.1) is 0 Å². The van der Waals surface area contributed by atoms with Gasteiger partial charge in [-0.3, -0.25) is 0 Å². The molecule has 192 valence electrons. The number of nitrogens with zero attached hydrogens (tertiary/aromatic N) is 1. The molecule has 0 bridgehead atoms. The lowest BCUT2D eigenvalue weighted by molar-refractivity contribution is 0.0847. The Morgan fingerprint density at radius 2 is 1.25 bits per heavy atom. The monoisotopic (exact) mass is 457 g/mol. The van der Waals surface area contributed by atoms with Crippen LogP contribution in [-0.2, 0) is 9.47 Å². The molecular weight excluding hydrogens is 402 g/mol. The predicted molar refractivity (Wildman–Crippen MR) is 136 cm³/mol. The fraction of sp³-hybridized carbons (Fsp3) is 0.962. The standard InChI is InChI=1S/C26H55N3O3/c1-4-5-6-7-8-9-10-11-12-13-14-15-16-17-18-19-22-31-23-25(27)24-32-26(30)28-20-21-29(2)3/h25H,4-24,27H2,1-3H3,(H,28,30). The highest BCUT2D eigenvalue weighted by molar-refractivity contribution is 5.67. The van der Waals surface area contributed by atoms with Crippen LogP contribution in [0.1, 0.15) is 110 Å². The minimum absolute atomic E-state index is 0.187. The summed E-state index contributed by atoms with van der Waals surface area (Å²) in [6, 6.07) is -0.268. The molecule has 0 spiro atoms. The number of carbonyl (C=O) groups is 1. The van der Waals surface area contributed by atoms with Crippen molar-refractivity contribution in [2.24, 2.45) is 5.73 Å². The van der Waals surface area contributed by atoms with Crippen LogP contribution < -0.4 is 11.1 Å². The third-order valence-corrected chi connectivity index (χ3v) is 5.73. The van der Waals surface area contributed by atoms with Gasteiger partial charge < -0.3 is 25.4 Å². The largest absolute Gasteiger partial charge is 0.448 e. The number of rotatable bonds is 24. The summed E-state index contributed by atoms with van der Waals surface area (Å²) in [6.45, 7) is 4.99. The van der Waals surface area contributed by atoms with Crippen molar-refractivity contribution in [1.29, 1.82) is 0 Å². The smallest absolute Gasteiger partial charge is 0.407 e. The minimum atomic E-state index is -0.417. The summed E-state index contributed by atoms with van der Waals surface area (Å²) < 4.78 is 10.7. The molecule has 1 unspecified atom stereocenters. The van der Waals surface area contributed by atoms with Gasteiger partial charge in [-0.1, -0.05) is 103 Å². The molecule has 1 atom stereocenters. The second-order valence-corrected chi connectivity index (χ2v) is 9.47. The van der Waals surface area contributed by atoms with Gasteiger partial charge >= 0.3 is 6.09 Å². The van der Waals surface area contributed by atoms with Crippen LogP contribution >= 0.6 is 0 Å². The van der Waals surface area contributed by atoms with Crippen molar-refractivity contribution in [2.45, 2.75) is 116 Å². The molecule has 0 rings (SSSR count).